The average molecular weight is 535 g/mol. The van der Waals surface area contributed by atoms with Gasteiger partial charge in [0.05, 0.1) is 18.0 Å². The maximum atomic E-state index is 13.2. The topological polar surface area (TPSA) is 157 Å². The van der Waals surface area contributed by atoms with Crippen molar-refractivity contribution in [2.24, 2.45) is 17.6 Å². The van der Waals surface area contributed by atoms with Gasteiger partial charge in [0.1, 0.15) is 5.70 Å². The van der Waals surface area contributed by atoms with Crippen molar-refractivity contribution in [1.82, 2.24) is 25.8 Å². The van der Waals surface area contributed by atoms with Crippen LogP contribution in [0, 0.1) is 11.8 Å². The molecule has 5 heterocycles. The molecular formula is C25H38N6O5S. The second-order valence-corrected chi connectivity index (χ2v) is 12.5. The zero-order chi connectivity index (χ0) is 26.4. The fraction of sp³-hybridized carbons (Fsp3) is 0.760. The number of nitrogens with zero attached hydrogens (tertiary/aromatic N) is 2. The van der Waals surface area contributed by atoms with Crippen LogP contribution >= 0.6 is 11.8 Å². The summed E-state index contributed by atoms with van der Waals surface area (Å²) in [7, 11) is 0. The van der Waals surface area contributed by atoms with Crippen LogP contribution in [-0.2, 0) is 19.2 Å². The van der Waals surface area contributed by atoms with Gasteiger partial charge in [0.15, 0.2) is 0 Å². The number of nitrogens with two attached hydrogens (primary N) is 1. The fourth-order valence-electron chi connectivity index (χ4n) is 6.62. The maximum Gasteiger partial charge on any atom is 0.353 e. The number of rotatable bonds is 8. The van der Waals surface area contributed by atoms with Crippen LogP contribution < -0.4 is 21.7 Å². The van der Waals surface area contributed by atoms with Crippen LogP contribution in [0.1, 0.15) is 46.0 Å². The van der Waals surface area contributed by atoms with Gasteiger partial charge in [0, 0.05) is 60.3 Å². The number of carbonyl (C=O) groups is 4. The van der Waals surface area contributed by atoms with E-state index < -0.39 is 11.9 Å². The lowest BCUT2D eigenvalue weighted by Gasteiger charge is -2.47. The molecule has 4 saturated heterocycles. The van der Waals surface area contributed by atoms with E-state index in [0.717, 1.165) is 25.8 Å². The van der Waals surface area contributed by atoms with E-state index in [2.05, 4.69) is 16.0 Å². The Hall–Kier alpha value is -2.15. The predicted molar refractivity (Wildman–Crippen MR) is 138 cm³/mol. The van der Waals surface area contributed by atoms with Crippen molar-refractivity contribution in [2.45, 2.75) is 81.4 Å². The van der Waals surface area contributed by atoms with Gasteiger partial charge in [-0.1, -0.05) is 6.92 Å². The number of likely N-dealkylation sites (tertiary alicyclic amines) is 1. The van der Waals surface area contributed by atoms with Crippen LogP contribution in [0.4, 0.5) is 0 Å². The Kier molecular flexibility index (Phi) is 7.54. The molecule has 4 fully saturated rings. The molecule has 0 radical (unpaired) electrons. The number of hydrogen-bond acceptors (Lipinski definition) is 8. The molecule has 0 aromatic rings. The summed E-state index contributed by atoms with van der Waals surface area (Å²) in [5, 5.41) is 19.7. The van der Waals surface area contributed by atoms with Crippen molar-refractivity contribution in [1.29, 1.82) is 0 Å². The van der Waals surface area contributed by atoms with E-state index in [1.54, 1.807) is 0 Å². The second kappa shape index (κ2) is 10.5. The number of carbonyl (C=O) groups excluding carboxylic acids is 3. The molecule has 204 valence electrons. The van der Waals surface area contributed by atoms with Gasteiger partial charge in [-0.25, -0.2) is 4.79 Å². The number of carboxylic acid groups (broad SMARTS) is 1. The Labute approximate surface area is 221 Å². The lowest BCUT2D eigenvalue weighted by Crippen LogP contribution is -2.66. The molecule has 0 bridgehead atoms. The van der Waals surface area contributed by atoms with Gasteiger partial charge < -0.3 is 36.6 Å². The summed E-state index contributed by atoms with van der Waals surface area (Å²) in [6, 6.07) is -0.776. The minimum absolute atomic E-state index is 0.0275. The van der Waals surface area contributed by atoms with Gasteiger partial charge in [-0.2, -0.15) is 0 Å². The summed E-state index contributed by atoms with van der Waals surface area (Å²) in [5.41, 5.74) is 6.01. The van der Waals surface area contributed by atoms with Crippen molar-refractivity contribution in [2.75, 3.05) is 26.2 Å². The minimum Gasteiger partial charge on any atom is -0.477 e. The molecule has 2 unspecified atom stereocenters. The molecule has 37 heavy (non-hydrogen) atoms. The number of amides is 3. The number of fused-ring (bicyclic) bond motifs is 1. The zero-order valence-corrected chi connectivity index (χ0v) is 22.3. The van der Waals surface area contributed by atoms with E-state index in [9.17, 15) is 24.3 Å². The third-order valence-corrected chi connectivity index (χ3v) is 10.0. The lowest BCUT2D eigenvalue weighted by molar-refractivity contribution is -0.158. The van der Waals surface area contributed by atoms with Gasteiger partial charge in [-0.3, -0.25) is 14.4 Å². The first-order valence-corrected chi connectivity index (χ1v) is 14.3. The van der Waals surface area contributed by atoms with E-state index in [0.29, 0.717) is 37.4 Å². The fourth-order valence-corrected chi connectivity index (χ4v) is 8.10. The van der Waals surface area contributed by atoms with E-state index in [-0.39, 0.29) is 64.8 Å². The van der Waals surface area contributed by atoms with E-state index in [1.165, 1.54) is 16.7 Å². The van der Waals surface area contributed by atoms with Crippen LogP contribution in [0.15, 0.2) is 10.6 Å². The van der Waals surface area contributed by atoms with Gasteiger partial charge >= 0.3 is 5.97 Å². The molecule has 0 aromatic carbocycles. The summed E-state index contributed by atoms with van der Waals surface area (Å²) >= 11 is 1.47. The monoisotopic (exact) mass is 534 g/mol. The first kappa shape index (κ1) is 26.5. The molecule has 11 nitrogen and oxygen atoms in total. The van der Waals surface area contributed by atoms with E-state index >= 15 is 0 Å². The molecule has 0 spiro atoms. The number of thioether (sulfide) groups is 1. The highest BCUT2D eigenvalue weighted by molar-refractivity contribution is 8.03. The summed E-state index contributed by atoms with van der Waals surface area (Å²) in [5.74, 6) is -2.02. The molecule has 0 aliphatic carbocycles. The van der Waals surface area contributed by atoms with Gasteiger partial charge in [-0.05, 0) is 39.2 Å². The van der Waals surface area contributed by atoms with Gasteiger partial charge in [0.2, 0.25) is 17.7 Å². The van der Waals surface area contributed by atoms with Crippen LogP contribution in [0.2, 0.25) is 0 Å². The van der Waals surface area contributed by atoms with E-state index in [4.69, 9.17) is 5.73 Å². The average Bonchev–Trinajstić information content (AvgIpc) is 3.63. The van der Waals surface area contributed by atoms with Crippen LogP contribution in [0.3, 0.4) is 0 Å². The smallest absolute Gasteiger partial charge is 0.353 e. The van der Waals surface area contributed by atoms with Crippen molar-refractivity contribution in [3.05, 3.63) is 10.6 Å². The number of carboxylic acids is 1. The van der Waals surface area contributed by atoms with Crippen molar-refractivity contribution >= 4 is 35.5 Å². The molecule has 0 saturated carbocycles. The van der Waals surface area contributed by atoms with Crippen molar-refractivity contribution in [3.63, 3.8) is 0 Å². The standard InChI is InChI=1S/C25H38N6O5S/c1-12-20-19(13(2)29-18(32)8-15-4-3-6-27-15)24(34)31(20)21(25(35)36)22(12)37-16-9-17(28-10-16)23(33)30-7-5-14(26)11-30/h12-17,19-20,27-28H,3-11,26H2,1-2H3,(H,29,32)(H,35,36)/t12-,13-,14+,15?,16+,17?,19-,20-/m1/s1. The van der Waals surface area contributed by atoms with Crippen LogP contribution in [0.5, 0.6) is 0 Å². The summed E-state index contributed by atoms with van der Waals surface area (Å²) < 4.78 is 0. The molecule has 12 heteroatoms. The number of β-lactam (4-membered cyclic amide) rings is 1. The Morgan fingerprint density at radius 1 is 1.27 bits per heavy atom. The Bertz CT molecular complexity index is 1000. The maximum absolute atomic E-state index is 13.2. The van der Waals surface area contributed by atoms with E-state index in [1.807, 2.05) is 18.7 Å². The van der Waals surface area contributed by atoms with Gasteiger partial charge in [-0.15, -0.1) is 11.8 Å². The molecule has 8 atom stereocenters. The predicted octanol–water partition coefficient (Wildman–Crippen LogP) is -0.571. The SMILES string of the molecule is C[C@@H](NC(=O)CC1CCCN1)[C@H]1C(=O)N2C(C(=O)O)=C(S[C@@H]3CNC(C(=O)N4CC[C@H](N)C4)C3)[C@H](C)[C@H]12. The second-order valence-electron chi connectivity index (χ2n) is 11.2. The first-order valence-electron chi connectivity index (χ1n) is 13.4. The summed E-state index contributed by atoms with van der Waals surface area (Å²) in [6.07, 6.45) is 3.82. The number of hydrogen-bond donors (Lipinski definition) is 5. The molecule has 0 aromatic heterocycles. The molecule has 5 rings (SSSR count). The first-order chi connectivity index (χ1) is 17.7. The zero-order valence-electron chi connectivity index (χ0n) is 21.4. The number of aliphatic carboxylic acids is 1. The lowest BCUT2D eigenvalue weighted by atomic mass is 9.78. The Morgan fingerprint density at radius 2 is 2.05 bits per heavy atom. The summed E-state index contributed by atoms with van der Waals surface area (Å²) in [6.45, 7) is 6.56. The minimum atomic E-state index is -1.11. The molecule has 6 N–H and O–H groups in total. The van der Waals surface area contributed by atoms with Gasteiger partial charge in [0.25, 0.3) is 0 Å². The van der Waals surface area contributed by atoms with Crippen molar-refractivity contribution in [3.8, 4) is 0 Å². The highest BCUT2D eigenvalue weighted by Gasteiger charge is 2.60. The Morgan fingerprint density at radius 3 is 2.70 bits per heavy atom. The third kappa shape index (κ3) is 5.00. The Balaban J connectivity index is 1.22. The quantitative estimate of drug-likeness (QED) is 0.257. The van der Waals surface area contributed by atoms with Crippen LogP contribution in [-0.4, -0.2) is 100 Å². The van der Waals surface area contributed by atoms with Crippen molar-refractivity contribution < 1.29 is 24.3 Å². The third-order valence-electron chi connectivity index (χ3n) is 8.53. The normalized spacial score (nSPS) is 36.1. The molecule has 5 aliphatic rings. The number of nitrogens with one attached hydrogen (secondary N) is 3. The molecule has 5 aliphatic heterocycles. The largest absolute Gasteiger partial charge is 0.477 e. The molecule has 3 amide bonds. The summed E-state index contributed by atoms with van der Waals surface area (Å²) in [4.78, 5) is 54.8. The highest BCUT2D eigenvalue weighted by Crippen LogP contribution is 2.51. The molecular weight excluding hydrogens is 496 g/mol. The highest BCUT2D eigenvalue weighted by atomic mass is 32.2. The van der Waals surface area contributed by atoms with Crippen LogP contribution in [0.25, 0.3) is 0 Å².